The first-order chi connectivity index (χ1) is 15.3. The molecule has 0 aliphatic carbocycles. The van der Waals surface area contributed by atoms with Crippen LogP contribution < -0.4 is 14.8 Å². The molecule has 6 nitrogen and oxygen atoms in total. The van der Waals surface area contributed by atoms with Gasteiger partial charge in [0.25, 0.3) is 5.91 Å². The second-order valence-corrected chi connectivity index (χ2v) is 8.95. The van der Waals surface area contributed by atoms with E-state index in [0.717, 1.165) is 12.0 Å². The highest BCUT2D eigenvalue weighted by atomic mass is 35.5. The summed E-state index contributed by atoms with van der Waals surface area (Å²) in [5, 5.41) is 3.64. The zero-order chi connectivity index (χ0) is 23.3. The summed E-state index contributed by atoms with van der Waals surface area (Å²) < 4.78 is 10.9. The molecule has 32 heavy (non-hydrogen) atoms. The van der Waals surface area contributed by atoms with E-state index in [-0.39, 0.29) is 23.7 Å². The average Bonchev–Trinajstić information content (AvgIpc) is 3.23. The van der Waals surface area contributed by atoms with Crippen LogP contribution in [0.1, 0.15) is 42.1 Å². The number of halogens is 1. The Labute approximate surface area is 194 Å². The van der Waals surface area contributed by atoms with Gasteiger partial charge in [0.15, 0.2) is 0 Å². The van der Waals surface area contributed by atoms with E-state index < -0.39 is 0 Å². The monoisotopic (exact) mass is 458 g/mol. The minimum atomic E-state index is -0.374. The molecule has 2 aromatic rings. The molecule has 0 spiro atoms. The fourth-order valence-corrected chi connectivity index (χ4v) is 4.19. The number of carbonyl (C=O) groups excluding carboxylic acids is 2. The third-order valence-electron chi connectivity index (χ3n) is 5.90. The van der Waals surface area contributed by atoms with Gasteiger partial charge in [-0.25, -0.2) is 0 Å². The van der Waals surface area contributed by atoms with Crippen LogP contribution in [0, 0.1) is 11.8 Å². The van der Waals surface area contributed by atoms with Gasteiger partial charge in [-0.05, 0) is 42.7 Å². The summed E-state index contributed by atoms with van der Waals surface area (Å²) in [5.41, 5.74) is 1.44. The molecule has 1 heterocycles. The van der Waals surface area contributed by atoms with Crippen LogP contribution in [0.5, 0.6) is 11.5 Å². The Morgan fingerprint density at radius 3 is 2.44 bits per heavy atom. The fraction of sp³-hybridized carbons (Fsp3) is 0.440. The van der Waals surface area contributed by atoms with Gasteiger partial charge in [0.1, 0.15) is 11.5 Å². The van der Waals surface area contributed by atoms with E-state index >= 15 is 0 Å². The zero-order valence-electron chi connectivity index (χ0n) is 19.1. The lowest BCUT2D eigenvalue weighted by Gasteiger charge is -2.21. The van der Waals surface area contributed by atoms with Crippen LogP contribution in [0.25, 0.3) is 0 Å². The van der Waals surface area contributed by atoms with Crippen molar-refractivity contribution in [2.45, 2.75) is 26.2 Å². The zero-order valence-corrected chi connectivity index (χ0v) is 19.8. The van der Waals surface area contributed by atoms with Gasteiger partial charge in [-0.15, -0.1) is 0 Å². The Kier molecular flexibility index (Phi) is 8.02. The third kappa shape index (κ3) is 5.54. The number of nitrogens with zero attached hydrogens (tertiary/aromatic N) is 1. The van der Waals surface area contributed by atoms with E-state index in [0.29, 0.717) is 47.6 Å². The van der Waals surface area contributed by atoms with E-state index in [1.54, 1.807) is 43.4 Å². The summed E-state index contributed by atoms with van der Waals surface area (Å²) >= 11 is 5.97. The Morgan fingerprint density at radius 1 is 1.09 bits per heavy atom. The summed E-state index contributed by atoms with van der Waals surface area (Å²) in [4.78, 5) is 28.1. The van der Waals surface area contributed by atoms with Gasteiger partial charge in [0.05, 0.1) is 20.1 Å². The molecule has 1 aliphatic heterocycles. The molecule has 2 atom stereocenters. The van der Waals surface area contributed by atoms with E-state index in [1.807, 2.05) is 18.2 Å². The van der Waals surface area contributed by atoms with Crippen molar-refractivity contribution in [2.75, 3.05) is 33.9 Å². The van der Waals surface area contributed by atoms with Crippen LogP contribution in [0.15, 0.2) is 42.5 Å². The number of likely N-dealkylation sites (tertiary alicyclic amines) is 1. The van der Waals surface area contributed by atoms with E-state index in [4.69, 9.17) is 21.1 Å². The largest absolute Gasteiger partial charge is 0.497 e. The summed E-state index contributed by atoms with van der Waals surface area (Å²) in [5.74, 6) is 1.11. The smallest absolute Gasteiger partial charge is 0.253 e. The summed E-state index contributed by atoms with van der Waals surface area (Å²) in [7, 11) is 3.20. The topological polar surface area (TPSA) is 67.9 Å². The van der Waals surface area contributed by atoms with E-state index in [2.05, 4.69) is 19.2 Å². The van der Waals surface area contributed by atoms with Gasteiger partial charge < -0.3 is 19.7 Å². The molecule has 2 amide bonds. The molecular formula is C25H31ClN2O4. The van der Waals surface area contributed by atoms with Crippen molar-refractivity contribution >= 4 is 23.4 Å². The Balaban J connectivity index is 1.88. The van der Waals surface area contributed by atoms with Crippen LogP contribution in [-0.4, -0.2) is 50.6 Å². The molecule has 0 bridgehead atoms. The molecule has 1 fully saturated rings. The number of benzene rings is 2. The van der Waals surface area contributed by atoms with Crippen molar-refractivity contribution in [1.82, 2.24) is 10.2 Å². The van der Waals surface area contributed by atoms with Crippen molar-refractivity contribution < 1.29 is 19.1 Å². The lowest BCUT2D eigenvalue weighted by atomic mass is 9.87. The van der Waals surface area contributed by atoms with Crippen LogP contribution in [0.3, 0.4) is 0 Å². The number of nitrogens with one attached hydrogen (secondary N) is 1. The summed E-state index contributed by atoms with van der Waals surface area (Å²) in [6.45, 7) is 5.63. The van der Waals surface area contributed by atoms with Crippen LogP contribution in [0.4, 0.5) is 0 Å². The maximum absolute atomic E-state index is 13.2. The van der Waals surface area contributed by atoms with Gasteiger partial charge >= 0.3 is 0 Å². The molecular weight excluding hydrogens is 428 g/mol. The molecule has 7 heteroatoms. The molecule has 0 saturated carbocycles. The van der Waals surface area contributed by atoms with Gasteiger partial charge in [-0.3, -0.25) is 9.59 Å². The minimum absolute atomic E-state index is 0.0417. The van der Waals surface area contributed by atoms with Gasteiger partial charge in [0, 0.05) is 47.8 Å². The highest BCUT2D eigenvalue weighted by Crippen LogP contribution is 2.39. The second-order valence-electron chi connectivity index (χ2n) is 8.51. The SMILES string of the molecule is COc1ccc([C@@H]2CN(C(=O)c3ccc(Cl)cc3)C[C@H]2C(=O)NCCC(C)C)c(OC)c1. The van der Waals surface area contributed by atoms with Crippen LogP contribution >= 0.6 is 11.6 Å². The number of carbonyl (C=O) groups is 2. The molecule has 0 aromatic heterocycles. The predicted octanol–water partition coefficient (Wildman–Crippen LogP) is 4.38. The number of rotatable bonds is 8. The highest BCUT2D eigenvalue weighted by Gasteiger charge is 2.41. The quantitative estimate of drug-likeness (QED) is 0.637. The van der Waals surface area contributed by atoms with Crippen molar-refractivity contribution in [3.8, 4) is 11.5 Å². The number of hydrogen-bond donors (Lipinski definition) is 1. The average molecular weight is 459 g/mol. The van der Waals surface area contributed by atoms with Crippen molar-refractivity contribution in [2.24, 2.45) is 11.8 Å². The Bertz CT molecular complexity index is 945. The maximum atomic E-state index is 13.2. The van der Waals surface area contributed by atoms with E-state index in [1.165, 1.54) is 0 Å². The predicted molar refractivity (Wildman–Crippen MR) is 126 cm³/mol. The van der Waals surface area contributed by atoms with Crippen molar-refractivity contribution in [3.63, 3.8) is 0 Å². The summed E-state index contributed by atoms with van der Waals surface area (Å²) in [6, 6.07) is 12.4. The maximum Gasteiger partial charge on any atom is 0.253 e. The first kappa shape index (κ1) is 23.9. The fourth-order valence-electron chi connectivity index (χ4n) is 4.07. The molecule has 172 valence electrons. The van der Waals surface area contributed by atoms with Gasteiger partial charge in [-0.1, -0.05) is 31.5 Å². The number of ether oxygens (including phenoxy) is 2. The molecule has 0 radical (unpaired) electrons. The number of hydrogen-bond acceptors (Lipinski definition) is 4. The molecule has 2 aromatic carbocycles. The lowest BCUT2D eigenvalue weighted by Crippen LogP contribution is -2.36. The first-order valence-electron chi connectivity index (χ1n) is 10.9. The number of amides is 2. The molecule has 0 unspecified atom stereocenters. The Hall–Kier alpha value is -2.73. The number of methoxy groups -OCH3 is 2. The van der Waals surface area contributed by atoms with Crippen LogP contribution in [-0.2, 0) is 4.79 Å². The molecule has 1 aliphatic rings. The normalized spacial score (nSPS) is 18.0. The molecule has 1 saturated heterocycles. The Morgan fingerprint density at radius 2 is 1.81 bits per heavy atom. The van der Waals surface area contributed by atoms with Crippen LogP contribution in [0.2, 0.25) is 5.02 Å². The van der Waals surface area contributed by atoms with E-state index in [9.17, 15) is 9.59 Å². The van der Waals surface area contributed by atoms with Crippen molar-refractivity contribution in [1.29, 1.82) is 0 Å². The third-order valence-corrected chi connectivity index (χ3v) is 6.15. The summed E-state index contributed by atoms with van der Waals surface area (Å²) in [6.07, 6.45) is 0.905. The molecule has 3 rings (SSSR count). The van der Waals surface area contributed by atoms with Gasteiger partial charge in [0.2, 0.25) is 5.91 Å². The van der Waals surface area contributed by atoms with Crippen molar-refractivity contribution in [3.05, 3.63) is 58.6 Å². The lowest BCUT2D eigenvalue weighted by molar-refractivity contribution is -0.124. The molecule has 1 N–H and O–H groups in total. The highest BCUT2D eigenvalue weighted by molar-refractivity contribution is 6.30. The standard InChI is InChI=1S/C25H31ClN2O4/c1-16(2)11-12-27-24(29)22-15-28(25(30)17-5-7-18(26)8-6-17)14-21(22)20-10-9-19(31-3)13-23(20)32-4/h5-10,13,16,21-22H,11-12,14-15H2,1-4H3,(H,27,29)/t21-,22+/m0/s1. The second kappa shape index (κ2) is 10.7. The van der Waals surface area contributed by atoms with Gasteiger partial charge in [-0.2, -0.15) is 0 Å². The minimum Gasteiger partial charge on any atom is -0.497 e. The first-order valence-corrected chi connectivity index (χ1v) is 11.3.